The van der Waals surface area contributed by atoms with E-state index in [4.69, 9.17) is 0 Å². The van der Waals surface area contributed by atoms with Crippen LogP contribution in [0.4, 0.5) is 0 Å². The van der Waals surface area contributed by atoms with Crippen molar-refractivity contribution < 1.29 is 4.79 Å². The molecule has 0 bridgehead atoms. The van der Waals surface area contributed by atoms with E-state index in [1.165, 1.54) is 6.08 Å². The zero-order chi connectivity index (χ0) is 8.39. The molecule has 0 saturated carbocycles. The molecule has 1 aromatic rings. The maximum Gasteiger partial charge on any atom is 0.290 e. The van der Waals surface area contributed by atoms with Gasteiger partial charge in [-0.15, -0.1) is 10.2 Å². The van der Waals surface area contributed by atoms with Gasteiger partial charge in [0.1, 0.15) is 5.70 Å². The van der Waals surface area contributed by atoms with Gasteiger partial charge in [0, 0.05) is 24.0 Å². The predicted octanol–water partition coefficient (Wildman–Crippen LogP) is 1.41. The van der Waals surface area contributed by atoms with E-state index in [0.717, 1.165) is 5.56 Å². The largest absolute Gasteiger partial charge is 0.290 e. The lowest BCUT2D eigenvalue weighted by molar-refractivity contribution is -0.113. The molecule has 0 spiro atoms. The quantitative estimate of drug-likeness (QED) is 0.622. The molecule has 0 atom stereocenters. The molecular formula is C8H5N3O. The molecule has 0 aromatic carbocycles. The Morgan fingerprint density at radius 2 is 2.17 bits per heavy atom. The Kier molecular flexibility index (Phi) is 1.51. The highest BCUT2D eigenvalue weighted by atomic mass is 16.1. The van der Waals surface area contributed by atoms with E-state index in [1.807, 2.05) is 6.07 Å². The third kappa shape index (κ3) is 1.14. The number of amides is 1. The molecular weight excluding hydrogens is 154 g/mol. The summed E-state index contributed by atoms with van der Waals surface area (Å²) in [6.45, 7) is 0. The number of carbonyl (C=O) groups is 1. The Morgan fingerprint density at radius 3 is 2.75 bits per heavy atom. The molecule has 1 aliphatic heterocycles. The molecule has 0 saturated heterocycles. The van der Waals surface area contributed by atoms with E-state index in [-0.39, 0.29) is 5.91 Å². The van der Waals surface area contributed by atoms with Crippen molar-refractivity contribution >= 4 is 11.6 Å². The zero-order valence-electron chi connectivity index (χ0n) is 6.14. The van der Waals surface area contributed by atoms with E-state index in [9.17, 15) is 4.79 Å². The molecule has 0 unspecified atom stereocenters. The second kappa shape index (κ2) is 2.65. The van der Waals surface area contributed by atoms with Gasteiger partial charge >= 0.3 is 0 Å². The summed E-state index contributed by atoms with van der Waals surface area (Å²) >= 11 is 0. The molecule has 0 N–H and O–H groups in total. The summed E-state index contributed by atoms with van der Waals surface area (Å²) in [5, 5.41) is 7.04. The summed E-state index contributed by atoms with van der Waals surface area (Å²) in [7, 11) is 0. The summed E-state index contributed by atoms with van der Waals surface area (Å²) in [5.74, 6) is -0.311. The number of rotatable bonds is 1. The van der Waals surface area contributed by atoms with Crippen molar-refractivity contribution in [2.45, 2.75) is 0 Å². The van der Waals surface area contributed by atoms with Crippen LogP contribution in [0.5, 0.6) is 0 Å². The summed E-state index contributed by atoms with van der Waals surface area (Å²) in [4.78, 5) is 14.6. The minimum Gasteiger partial charge on any atom is -0.266 e. The van der Waals surface area contributed by atoms with Crippen LogP contribution in [0.1, 0.15) is 5.56 Å². The lowest BCUT2D eigenvalue weighted by Crippen LogP contribution is -1.81. The second-order valence-corrected chi connectivity index (χ2v) is 2.31. The average Bonchev–Trinajstić information content (AvgIpc) is 2.54. The molecule has 4 heteroatoms. The molecule has 1 aromatic heterocycles. The van der Waals surface area contributed by atoms with Crippen LogP contribution in [0.2, 0.25) is 0 Å². The Balaban J connectivity index is 2.40. The number of azo groups is 1. The highest BCUT2D eigenvalue weighted by Crippen LogP contribution is 2.18. The van der Waals surface area contributed by atoms with Gasteiger partial charge in [-0.3, -0.25) is 9.78 Å². The molecule has 2 rings (SSSR count). The van der Waals surface area contributed by atoms with E-state index < -0.39 is 0 Å². The van der Waals surface area contributed by atoms with Crippen molar-refractivity contribution in [3.8, 4) is 0 Å². The first kappa shape index (κ1) is 6.84. The highest BCUT2D eigenvalue weighted by molar-refractivity contribution is 5.98. The Bertz CT molecular complexity index is 367. The summed E-state index contributed by atoms with van der Waals surface area (Å²) in [5.41, 5.74) is 1.39. The fourth-order valence-electron chi connectivity index (χ4n) is 0.933. The lowest BCUT2D eigenvalue weighted by Gasteiger charge is -1.92. The van der Waals surface area contributed by atoms with Crippen LogP contribution in [-0.2, 0) is 4.79 Å². The van der Waals surface area contributed by atoms with Gasteiger partial charge in [0.2, 0.25) is 0 Å². The number of pyridine rings is 1. The maximum atomic E-state index is 10.7. The van der Waals surface area contributed by atoms with Crippen LogP contribution >= 0.6 is 0 Å². The summed E-state index contributed by atoms with van der Waals surface area (Å²) in [6.07, 6.45) is 4.69. The summed E-state index contributed by atoms with van der Waals surface area (Å²) < 4.78 is 0. The van der Waals surface area contributed by atoms with E-state index in [1.54, 1.807) is 18.5 Å². The first-order chi connectivity index (χ1) is 5.86. The molecule has 2 heterocycles. The number of aromatic nitrogens is 1. The topological polar surface area (TPSA) is 54.7 Å². The normalized spacial score (nSPS) is 15.0. The van der Waals surface area contributed by atoms with E-state index in [0.29, 0.717) is 5.70 Å². The Morgan fingerprint density at radius 1 is 1.25 bits per heavy atom. The van der Waals surface area contributed by atoms with Crippen molar-refractivity contribution in [3.63, 3.8) is 0 Å². The molecule has 0 aliphatic carbocycles. The van der Waals surface area contributed by atoms with E-state index in [2.05, 4.69) is 15.2 Å². The number of hydrogen-bond acceptors (Lipinski definition) is 3. The van der Waals surface area contributed by atoms with Gasteiger partial charge in [-0.05, 0) is 12.1 Å². The van der Waals surface area contributed by atoms with Crippen molar-refractivity contribution in [3.05, 3.63) is 36.2 Å². The third-order valence-corrected chi connectivity index (χ3v) is 1.47. The number of nitrogens with zero attached hydrogens (tertiary/aromatic N) is 3. The standard InChI is InChI=1S/C8H5N3O/c12-8-4-7(10-11-8)6-2-1-3-9-5-6/h1-5H. The van der Waals surface area contributed by atoms with Crippen molar-refractivity contribution in [2.24, 2.45) is 10.2 Å². The Hall–Kier alpha value is -1.84. The van der Waals surface area contributed by atoms with Gasteiger partial charge in [-0.25, -0.2) is 0 Å². The van der Waals surface area contributed by atoms with Crippen LogP contribution in [-0.4, -0.2) is 10.9 Å². The predicted molar refractivity (Wildman–Crippen MR) is 42.1 cm³/mol. The molecule has 58 valence electrons. The van der Waals surface area contributed by atoms with Crippen LogP contribution in [0, 0.1) is 0 Å². The molecule has 1 aliphatic rings. The lowest BCUT2D eigenvalue weighted by atomic mass is 10.2. The first-order valence-corrected chi connectivity index (χ1v) is 3.44. The first-order valence-electron chi connectivity index (χ1n) is 3.44. The van der Waals surface area contributed by atoms with Gasteiger partial charge < -0.3 is 0 Å². The van der Waals surface area contributed by atoms with Gasteiger partial charge in [-0.2, -0.15) is 0 Å². The van der Waals surface area contributed by atoms with Gasteiger partial charge in [-0.1, -0.05) is 0 Å². The van der Waals surface area contributed by atoms with Crippen LogP contribution in [0.25, 0.3) is 5.70 Å². The van der Waals surface area contributed by atoms with Gasteiger partial charge in [0.05, 0.1) is 0 Å². The molecule has 12 heavy (non-hydrogen) atoms. The number of hydrogen-bond donors (Lipinski definition) is 0. The fourth-order valence-corrected chi connectivity index (χ4v) is 0.933. The average molecular weight is 159 g/mol. The zero-order valence-corrected chi connectivity index (χ0v) is 6.14. The highest BCUT2D eigenvalue weighted by Gasteiger charge is 2.09. The molecule has 0 radical (unpaired) electrons. The van der Waals surface area contributed by atoms with Crippen LogP contribution in [0.15, 0.2) is 40.8 Å². The van der Waals surface area contributed by atoms with Gasteiger partial charge in [0.25, 0.3) is 5.91 Å². The maximum absolute atomic E-state index is 10.7. The van der Waals surface area contributed by atoms with Gasteiger partial charge in [0.15, 0.2) is 0 Å². The Labute approximate surface area is 68.7 Å². The number of carbonyl (C=O) groups excluding carboxylic acids is 1. The summed E-state index contributed by atoms with van der Waals surface area (Å²) in [6, 6.07) is 3.62. The molecule has 4 nitrogen and oxygen atoms in total. The minimum atomic E-state index is -0.311. The monoisotopic (exact) mass is 159 g/mol. The minimum absolute atomic E-state index is 0.311. The van der Waals surface area contributed by atoms with Crippen LogP contribution in [0.3, 0.4) is 0 Å². The third-order valence-electron chi connectivity index (χ3n) is 1.47. The SMILES string of the molecule is O=C1C=C(c2cccnc2)N=N1. The van der Waals surface area contributed by atoms with E-state index >= 15 is 0 Å². The van der Waals surface area contributed by atoms with Crippen molar-refractivity contribution in [2.75, 3.05) is 0 Å². The fraction of sp³-hybridized carbons (Fsp3) is 0. The van der Waals surface area contributed by atoms with Crippen molar-refractivity contribution in [1.82, 2.24) is 4.98 Å². The van der Waals surface area contributed by atoms with Crippen molar-refractivity contribution in [1.29, 1.82) is 0 Å². The molecule has 1 amide bonds. The smallest absolute Gasteiger partial charge is 0.266 e. The van der Waals surface area contributed by atoms with Crippen LogP contribution < -0.4 is 0 Å². The second-order valence-electron chi connectivity index (χ2n) is 2.31. The molecule has 0 fully saturated rings.